The van der Waals surface area contributed by atoms with Gasteiger partial charge in [0.05, 0.1) is 0 Å². The molecule has 1 unspecified atom stereocenters. The lowest BCUT2D eigenvalue weighted by Crippen LogP contribution is -2.09. The lowest BCUT2D eigenvalue weighted by atomic mass is 10.1. The maximum atomic E-state index is 13.6. The van der Waals surface area contributed by atoms with Gasteiger partial charge in [0.2, 0.25) is 0 Å². The van der Waals surface area contributed by atoms with Gasteiger partial charge in [-0.1, -0.05) is 11.6 Å². The number of rotatable bonds is 4. The van der Waals surface area contributed by atoms with Gasteiger partial charge in [0.25, 0.3) is 0 Å². The van der Waals surface area contributed by atoms with E-state index in [-0.39, 0.29) is 12.6 Å². The average molecular weight is 298 g/mol. The molecule has 0 radical (unpaired) electrons. The van der Waals surface area contributed by atoms with Crippen LogP contribution in [0.25, 0.3) is 0 Å². The van der Waals surface area contributed by atoms with Crippen molar-refractivity contribution in [2.45, 2.75) is 19.6 Å². The average Bonchev–Trinajstić information content (AvgIpc) is 2.40. The molecule has 0 aliphatic heterocycles. The van der Waals surface area contributed by atoms with Crippen molar-refractivity contribution in [2.24, 2.45) is 5.73 Å². The summed E-state index contributed by atoms with van der Waals surface area (Å²) in [6.07, 6.45) is 0. The Bertz CT molecular complexity index is 617. The summed E-state index contributed by atoms with van der Waals surface area (Å²) >= 11 is 5.81. The Kier molecular flexibility index (Phi) is 4.57. The Labute approximate surface area is 121 Å². The SMILES string of the molecule is CC(N)c1cc(F)ccc1OCc1cc(Cl)ccc1F. The lowest BCUT2D eigenvalue weighted by molar-refractivity contribution is 0.295. The maximum absolute atomic E-state index is 13.6. The van der Waals surface area contributed by atoms with Crippen LogP contribution in [0.15, 0.2) is 36.4 Å². The number of nitrogens with two attached hydrogens (primary N) is 1. The van der Waals surface area contributed by atoms with Crippen molar-refractivity contribution in [1.29, 1.82) is 0 Å². The number of hydrogen-bond acceptors (Lipinski definition) is 2. The van der Waals surface area contributed by atoms with Gasteiger partial charge in [0, 0.05) is 22.2 Å². The van der Waals surface area contributed by atoms with Gasteiger partial charge in [-0.15, -0.1) is 0 Å². The van der Waals surface area contributed by atoms with Crippen LogP contribution >= 0.6 is 11.6 Å². The Morgan fingerprint density at radius 2 is 1.95 bits per heavy atom. The van der Waals surface area contributed by atoms with Crippen LogP contribution in [0.4, 0.5) is 8.78 Å². The van der Waals surface area contributed by atoms with E-state index < -0.39 is 11.6 Å². The molecule has 2 aromatic carbocycles. The minimum absolute atomic E-state index is 0.00224. The van der Waals surface area contributed by atoms with Crippen LogP contribution < -0.4 is 10.5 Å². The standard InChI is InChI=1S/C15H14ClF2NO/c1-9(19)13-7-12(17)3-5-15(13)20-8-10-6-11(16)2-4-14(10)18/h2-7,9H,8,19H2,1H3. The van der Waals surface area contributed by atoms with E-state index in [0.29, 0.717) is 21.9 Å². The van der Waals surface area contributed by atoms with Crippen molar-refractivity contribution in [2.75, 3.05) is 0 Å². The highest BCUT2D eigenvalue weighted by molar-refractivity contribution is 6.30. The van der Waals surface area contributed by atoms with E-state index in [4.69, 9.17) is 22.1 Å². The molecule has 0 aromatic heterocycles. The first-order chi connectivity index (χ1) is 9.47. The van der Waals surface area contributed by atoms with Crippen molar-refractivity contribution in [3.8, 4) is 5.75 Å². The molecule has 0 heterocycles. The van der Waals surface area contributed by atoms with Gasteiger partial charge in [0.15, 0.2) is 0 Å². The Hall–Kier alpha value is -1.65. The zero-order valence-electron chi connectivity index (χ0n) is 10.9. The van der Waals surface area contributed by atoms with Gasteiger partial charge in [-0.05, 0) is 43.3 Å². The summed E-state index contributed by atoms with van der Waals surface area (Å²) in [4.78, 5) is 0. The second-order valence-electron chi connectivity index (χ2n) is 4.50. The van der Waals surface area contributed by atoms with Gasteiger partial charge in [-0.25, -0.2) is 8.78 Å². The predicted molar refractivity (Wildman–Crippen MR) is 74.7 cm³/mol. The molecule has 0 saturated heterocycles. The molecule has 0 amide bonds. The highest BCUT2D eigenvalue weighted by Crippen LogP contribution is 2.26. The topological polar surface area (TPSA) is 35.2 Å². The fourth-order valence-electron chi connectivity index (χ4n) is 1.82. The van der Waals surface area contributed by atoms with Crippen LogP contribution in [0.1, 0.15) is 24.1 Å². The fourth-order valence-corrected chi connectivity index (χ4v) is 2.01. The molecule has 2 rings (SSSR count). The summed E-state index contributed by atoms with van der Waals surface area (Å²) in [6, 6.07) is 7.92. The first-order valence-electron chi connectivity index (χ1n) is 6.09. The fraction of sp³-hybridized carbons (Fsp3) is 0.200. The number of halogens is 3. The third kappa shape index (κ3) is 3.46. The van der Waals surface area contributed by atoms with Crippen molar-refractivity contribution in [3.05, 3.63) is 64.2 Å². The van der Waals surface area contributed by atoms with E-state index >= 15 is 0 Å². The van der Waals surface area contributed by atoms with E-state index in [2.05, 4.69) is 0 Å². The molecule has 20 heavy (non-hydrogen) atoms. The smallest absolute Gasteiger partial charge is 0.129 e. The zero-order valence-corrected chi connectivity index (χ0v) is 11.6. The van der Waals surface area contributed by atoms with Crippen LogP contribution in [0.5, 0.6) is 5.75 Å². The van der Waals surface area contributed by atoms with Crippen molar-refractivity contribution in [1.82, 2.24) is 0 Å². The van der Waals surface area contributed by atoms with Crippen LogP contribution in [-0.2, 0) is 6.61 Å². The van der Waals surface area contributed by atoms with Gasteiger partial charge in [0.1, 0.15) is 24.0 Å². The molecule has 0 saturated carbocycles. The highest BCUT2D eigenvalue weighted by Gasteiger charge is 2.11. The van der Waals surface area contributed by atoms with Gasteiger partial charge >= 0.3 is 0 Å². The molecule has 1 atom stereocenters. The normalized spacial score (nSPS) is 12.2. The van der Waals surface area contributed by atoms with E-state index in [9.17, 15) is 8.78 Å². The number of hydrogen-bond donors (Lipinski definition) is 1. The van der Waals surface area contributed by atoms with E-state index in [1.165, 1.54) is 36.4 Å². The number of ether oxygens (including phenoxy) is 1. The summed E-state index contributed by atoms with van der Waals surface area (Å²) in [5, 5.41) is 0.427. The first-order valence-corrected chi connectivity index (χ1v) is 6.47. The van der Waals surface area contributed by atoms with Crippen molar-refractivity contribution >= 4 is 11.6 Å². The minimum Gasteiger partial charge on any atom is -0.488 e. The highest BCUT2D eigenvalue weighted by atomic mass is 35.5. The molecule has 2 N–H and O–H groups in total. The lowest BCUT2D eigenvalue weighted by Gasteiger charge is -2.14. The Balaban J connectivity index is 2.20. The molecule has 0 aliphatic carbocycles. The molecule has 0 fully saturated rings. The first kappa shape index (κ1) is 14.8. The monoisotopic (exact) mass is 297 g/mol. The summed E-state index contributed by atoms with van der Waals surface area (Å²) in [5.41, 5.74) is 6.63. The molecule has 2 nitrogen and oxygen atoms in total. The minimum atomic E-state index is -0.404. The molecule has 0 spiro atoms. The van der Waals surface area contributed by atoms with Crippen molar-refractivity contribution in [3.63, 3.8) is 0 Å². The third-order valence-electron chi connectivity index (χ3n) is 2.85. The molecular weight excluding hydrogens is 284 g/mol. The summed E-state index contributed by atoms with van der Waals surface area (Å²) in [7, 11) is 0. The van der Waals surface area contributed by atoms with Crippen LogP contribution in [-0.4, -0.2) is 0 Å². The molecule has 106 valence electrons. The summed E-state index contributed by atoms with van der Waals surface area (Å²) in [5.74, 6) is -0.363. The van der Waals surface area contributed by atoms with Crippen LogP contribution in [0, 0.1) is 11.6 Å². The predicted octanol–water partition coefficient (Wildman–Crippen LogP) is 4.22. The summed E-state index contributed by atoms with van der Waals surface area (Å²) < 4.78 is 32.3. The second-order valence-corrected chi connectivity index (χ2v) is 4.93. The van der Waals surface area contributed by atoms with Gasteiger partial charge in [-0.2, -0.15) is 0 Å². The largest absolute Gasteiger partial charge is 0.488 e. The molecule has 2 aromatic rings. The second kappa shape index (κ2) is 6.20. The van der Waals surface area contributed by atoms with E-state index in [1.807, 2.05) is 0 Å². The maximum Gasteiger partial charge on any atom is 0.129 e. The Morgan fingerprint density at radius 3 is 2.65 bits per heavy atom. The van der Waals surface area contributed by atoms with Gasteiger partial charge < -0.3 is 10.5 Å². The van der Waals surface area contributed by atoms with Crippen LogP contribution in [0.2, 0.25) is 5.02 Å². The molecule has 0 bridgehead atoms. The van der Waals surface area contributed by atoms with E-state index in [0.717, 1.165) is 0 Å². The van der Waals surface area contributed by atoms with E-state index in [1.54, 1.807) is 6.92 Å². The third-order valence-corrected chi connectivity index (χ3v) is 3.09. The quantitative estimate of drug-likeness (QED) is 0.917. The molecule has 5 heteroatoms. The van der Waals surface area contributed by atoms with Gasteiger partial charge in [-0.3, -0.25) is 0 Å². The Morgan fingerprint density at radius 1 is 1.20 bits per heavy atom. The molecule has 0 aliphatic rings. The van der Waals surface area contributed by atoms with Crippen LogP contribution in [0.3, 0.4) is 0 Å². The molecular formula is C15H14ClF2NO. The zero-order chi connectivity index (χ0) is 14.7. The van der Waals surface area contributed by atoms with Crippen molar-refractivity contribution < 1.29 is 13.5 Å². The number of benzene rings is 2. The summed E-state index contributed by atoms with van der Waals surface area (Å²) in [6.45, 7) is 1.72.